The summed E-state index contributed by atoms with van der Waals surface area (Å²) in [6.45, 7) is 2.18. The number of hydrogen-bond acceptors (Lipinski definition) is 1. The van der Waals surface area contributed by atoms with Gasteiger partial charge in [0.25, 0.3) is 0 Å². The second-order valence-electron chi connectivity index (χ2n) is 4.91. The fourth-order valence-electron chi connectivity index (χ4n) is 1.94. The number of anilines is 1. The first-order valence-corrected chi connectivity index (χ1v) is 6.73. The maximum Gasteiger partial charge on any atom is 0.0361 e. The van der Waals surface area contributed by atoms with Gasteiger partial charge in [0.05, 0.1) is 0 Å². The molecule has 0 fully saturated rings. The van der Waals surface area contributed by atoms with Crippen LogP contribution in [0.25, 0.3) is 12.2 Å². The average Bonchev–Trinajstić information content (AvgIpc) is 2.46. The molecule has 0 saturated heterocycles. The van der Waals surface area contributed by atoms with Crippen molar-refractivity contribution in [1.29, 1.82) is 0 Å². The molecule has 0 amide bonds. The van der Waals surface area contributed by atoms with E-state index in [0.717, 1.165) is 6.42 Å². The molecular formula is C18H21N. The summed E-state index contributed by atoms with van der Waals surface area (Å²) in [6.07, 6.45) is 5.40. The Morgan fingerprint density at radius 1 is 0.789 bits per heavy atom. The van der Waals surface area contributed by atoms with Gasteiger partial charge in [0.1, 0.15) is 0 Å². The minimum absolute atomic E-state index is 1.09. The topological polar surface area (TPSA) is 3.24 Å². The molecule has 0 heterocycles. The number of nitrogens with zero attached hydrogens (tertiary/aromatic N) is 1. The van der Waals surface area contributed by atoms with E-state index < -0.39 is 0 Å². The Morgan fingerprint density at radius 2 is 1.26 bits per heavy atom. The van der Waals surface area contributed by atoms with Crippen LogP contribution in [0.15, 0.2) is 48.5 Å². The van der Waals surface area contributed by atoms with Gasteiger partial charge < -0.3 is 4.90 Å². The van der Waals surface area contributed by atoms with Gasteiger partial charge in [-0.05, 0) is 35.2 Å². The van der Waals surface area contributed by atoms with Crippen molar-refractivity contribution in [3.05, 3.63) is 65.2 Å². The maximum absolute atomic E-state index is 2.19. The van der Waals surface area contributed by atoms with Crippen molar-refractivity contribution >= 4 is 17.8 Å². The van der Waals surface area contributed by atoms with Crippen molar-refractivity contribution in [1.82, 2.24) is 0 Å². The summed E-state index contributed by atoms with van der Waals surface area (Å²) in [5, 5.41) is 0. The van der Waals surface area contributed by atoms with Crippen LogP contribution in [0, 0.1) is 0 Å². The normalized spacial score (nSPS) is 10.9. The van der Waals surface area contributed by atoms with E-state index in [1.165, 1.54) is 22.4 Å². The van der Waals surface area contributed by atoms with Gasteiger partial charge in [0, 0.05) is 19.8 Å². The Bertz CT molecular complexity index is 533. The van der Waals surface area contributed by atoms with E-state index in [2.05, 4.69) is 86.6 Å². The number of hydrogen-bond donors (Lipinski definition) is 0. The highest BCUT2D eigenvalue weighted by Crippen LogP contribution is 2.15. The summed E-state index contributed by atoms with van der Waals surface area (Å²) >= 11 is 0. The lowest BCUT2D eigenvalue weighted by molar-refractivity contribution is 1.13. The zero-order valence-corrected chi connectivity index (χ0v) is 11.9. The Balaban J connectivity index is 2.08. The van der Waals surface area contributed by atoms with E-state index in [4.69, 9.17) is 0 Å². The van der Waals surface area contributed by atoms with Crippen LogP contribution in [0.3, 0.4) is 0 Å². The molecule has 0 spiro atoms. The molecule has 2 aromatic carbocycles. The van der Waals surface area contributed by atoms with Crippen molar-refractivity contribution in [2.24, 2.45) is 0 Å². The van der Waals surface area contributed by atoms with Crippen molar-refractivity contribution < 1.29 is 0 Å². The molecule has 0 unspecified atom stereocenters. The molecule has 1 heteroatoms. The number of rotatable bonds is 4. The van der Waals surface area contributed by atoms with Crippen LogP contribution >= 0.6 is 0 Å². The molecule has 0 radical (unpaired) electrons. The largest absolute Gasteiger partial charge is 0.378 e. The third-order valence-electron chi connectivity index (χ3n) is 3.27. The molecule has 19 heavy (non-hydrogen) atoms. The molecule has 0 bridgehead atoms. The highest BCUT2D eigenvalue weighted by molar-refractivity contribution is 5.70. The standard InChI is InChI=1S/C18H21N/c1-4-15-5-7-16(8-6-15)9-10-17-11-13-18(14-12-17)19(2)3/h5-14H,4H2,1-3H3/b10-9+. The molecule has 2 rings (SSSR count). The van der Waals surface area contributed by atoms with Crippen LogP contribution < -0.4 is 4.90 Å². The molecule has 2 aromatic rings. The molecule has 0 aromatic heterocycles. The Kier molecular flexibility index (Phi) is 4.40. The molecule has 98 valence electrons. The summed E-state index contributed by atoms with van der Waals surface area (Å²) < 4.78 is 0. The summed E-state index contributed by atoms with van der Waals surface area (Å²) in [5.41, 5.74) is 5.08. The Labute approximate surface area is 116 Å². The quantitative estimate of drug-likeness (QED) is 0.724. The monoisotopic (exact) mass is 251 g/mol. The van der Waals surface area contributed by atoms with Gasteiger partial charge in [-0.2, -0.15) is 0 Å². The summed E-state index contributed by atoms with van der Waals surface area (Å²) in [6, 6.07) is 17.3. The zero-order valence-electron chi connectivity index (χ0n) is 11.9. The van der Waals surface area contributed by atoms with Crippen LogP contribution in [0.4, 0.5) is 5.69 Å². The minimum atomic E-state index is 1.09. The average molecular weight is 251 g/mol. The molecule has 0 aliphatic carbocycles. The SMILES string of the molecule is CCc1ccc(/C=C/c2ccc(N(C)C)cc2)cc1. The maximum atomic E-state index is 2.19. The molecule has 0 aliphatic heterocycles. The van der Waals surface area contributed by atoms with Crippen LogP contribution in [-0.2, 0) is 6.42 Å². The molecule has 0 aliphatic rings. The highest BCUT2D eigenvalue weighted by Gasteiger charge is 1.94. The highest BCUT2D eigenvalue weighted by atomic mass is 15.1. The van der Waals surface area contributed by atoms with E-state index in [-0.39, 0.29) is 0 Å². The van der Waals surface area contributed by atoms with E-state index in [1.807, 2.05) is 0 Å². The molecule has 0 atom stereocenters. The first kappa shape index (κ1) is 13.4. The Morgan fingerprint density at radius 3 is 1.68 bits per heavy atom. The van der Waals surface area contributed by atoms with Crippen molar-refractivity contribution in [2.45, 2.75) is 13.3 Å². The van der Waals surface area contributed by atoms with Gasteiger partial charge in [-0.3, -0.25) is 0 Å². The van der Waals surface area contributed by atoms with Crippen LogP contribution in [0.5, 0.6) is 0 Å². The lowest BCUT2D eigenvalue weighted by atomic mass is 10.1. The van der Waals surface area contributed by atoms with Gasteiger partial charge in [-0.15, -0.1) is 0 Å². The summed E-state index contributed by atoms with van der Waals surface area (Å²) in [5.74, 6) is 0. The van der Waals surface area contributed by atoms with E-state index in [9.17, 15) is 0 Å². The van der Waals surface area contributed by atoms with Crippen molar-refractivity contribution in [2.75, 3.05) is 19.0 Å². The zero-order chi connectivity index (χ0) is 13.7. The predicted octanol–water partition coefficient (Wildman–Crippen LogP) is 4.49. The first-order valence-electron chi connectivity index (χ1n) is 6.73. The molecular weight excluding hydrogens is 230 g/mol. The number of aryl methyl sites for hydroxylation is 1. The van der Waals surface area contributed by atoms with Crippen molar-refractivity contribution in [3.63, 3.8) is 0 Å². The van der Waals surface area contributed by atoms with Crippen LogP contribution in [-0.4, -0.2) is 14.1 Å². The third kappa shape index (κ3) is 3.72. The minimum Gasteiger partial charge on any atom is -0.378 e. The van der Waals surface area contributed by atoms with Gasteiger partial charge in [-0.25, -0.2) is 0 Å². The van der Waals surface area contributed by atoms with Crippen LogP contribution in [0.2, 0.25) is 0 Å². The van der Waals surface area contributed by atoms with E-state index in [0.29, 0.717) is 0 Å². The van der Waals surface area contributed by atoms with Gasteiger partial charge in [0.2, 0.25) is 0 Å². The second-order valence-corrected chi connectivity index (χ2v) is 4.91. The predicted molar refractivity (Wildman–Crippen MR) is 85.5 cm³/mol. The molecule has 0 saturated carbocycles. The lowest BCUT2D eigenvalue weighted by Crippen LogP contribution is -2.07. The lowest BCUT2D eigenvalue weighted by Gasteiger charge is -2.11. The second kappa shape index (κ2) is 6.24. The van der Waals surface area contributed by atoms with Gasteiger partial charge >= 0.3 is 0 Å². The van der Waals surface area contributed by atoms with E-state index in [1.54, 1.807) is 0 Å². The first-order chi connectivity index (χ1) is 9.19. The summed E-state index contributed by atoms with van der Waals surface area (Å²) in [7, 11) is 4.11. The summed E-state index contributed by atoms with van der Waals surface area (Å²) in [4.78, 5) is 2.11. The van der Waals surface area contributed by atoms with Gasteiger partial charge in [-0.1, -0.05) is 55.5 Å². The van der Waals surface area contributed by atoms with Gasteiger partial charge in [0.15, 0.2) is 0 Å². The third-order valence-corrected chi connectivity index (χ3v) is 3.27. The van der Waals surface area contributed by atoms with E-state index >= 15 is 0 Å². The Hall–Kier alpha value is -2.02. The number of benzene rings is 2. The molecule has 0 N–H and O–H groups in total. The smallest absolute Gasteiger partial charge is 0.0361 e. The fourth-order valence-corrected chi connectivity index (χ4v) is 1.94. The van der Waals surface area contributed by atoms with Crippen LogP contribution in [0.1, 0.15) is 23.6 Å². The molecule has 1 nitrogen and oxygen atoms in total. The fraction of sp³-hybridized carbons (Fsp3) is 0.222. The van der Waals surface area contributed by atoms with Crippen molar-refractivity contribution in [3.8, 4) is 0 Å².